The van der Waals surface area contributed by atoms with E-state index in [1.165, 1.54) is 5.56 Å². The maximum absolute atomic E-state index is 10.7. The van der Waals surface area contributed by atoms with Gasteiger partial charge in [-0.1, -0.05) is 29.5 Å². The molecule has 6 heteroatoms. The summed E-state index contributed by atoms with van der Waals surface area (Å²) >= 11 is 1.63. The van der Waals surface area contributed by atoms with E-state index in [1.54, 1.807) is 18.7 Å². The Balaban J connectivity index is 1.91. The molecule has 0 aromatic heterocycles. The van der Waals surface area contributed by atoms with E-state index < -0.39 is 11.9 Å². The van der Waals surface area contributed by atoms with Crippen LogP contribution in [0.4, 0.5) is 4.79 Å². The highest BCUT2D eigenvalue weighted by atomic mass is 32.2. The van der Waals surface area contributed by atoms with Crippen LogP contribution in [0.25, 0.3) is 0 Å². The number of amides is 1. The Morgan fingerprint density at radius 3 is 2.59 bits per heavy atom. The molecule has 2 aromatic rings. The molecule has 1 amide bonds. The maximum Gasteiger partial charge on any atom is 0.224 e. The van der Waals surface area contributed by atoms with Crippen molar-refractivity contribution in [3.05, 3.63) is 58.7 Å². The van der Waals surface area contributed by atoms with Crippen LogP contribution < -0.4 is 21.1 Å². The molecular weight excluding hydrogens is 298 g/mol. The molecule has 112 valence electrons. The average molecular weight is 312 g/mol. The highest BCUT2D eigenvalue weighted by Gasteiger charge is 2.24. The number of nitrogens with one attached hydrogen (secondary N) is 1. The van der Waals surface area contributed by atoms with E-state index >= 15 is 0 Å². The van der Waals surface area contributed by atoms with Gasteiger partial charge in [-0.05, 0) is 37.3 Å². The number of carboxylic acid groups (broad SMARTS) is 1. The largest absolute Gasteiger partial charge is 0.530 e. The minimum atomic E-state index is -1.39. The van der Waals surface area contributed by atoms with E-state index in [9.17, 15) is 9.90 Å². The van der Waals surface area contributed by atoms with Crippen LogP contribution in [0.5, 0.6) is 0 Å². The summed E-state index contributed by atoms with van der Waals surface area (Å²) < 4.78 is 0. The summed E-state index contributed by atoms with van der Waals surface area (Å²) in [6, 6.07) is 13.9. The monoisotopic (exact) mass is 312 g/mol. The average Bonchev–Trinajstić information content (AvgIpc) is 2.72. The topological polar surface area (TPSA) is 76.9 Å². The Kier molecular flexibility index (Phi) is 3.62. The summed E-state index contributed by atoms with van der Waals surface area (Å²) in [7, 11) is 0. The number of nitrogens with zero attached hydrogens (tertiary/aromatic N) is 2. The van der Waals surface area contributed by atoms with Crippen molar-refractivity contribution in [1.82, 2.24) is 5.32 Å². The van der Waals surface area contributed by atoms with Crippen LogP contribution in [0, 0.1) is 6.92 Å². The Hall–Kier alpha value is -2.34. The molecule has 1 N–H and O–H groups in total. The van der Waals surface area contributed by atoms with Gasteiger partial charge in [0.2, 0.25) is 5.79 Å². The molecule has 0 radical (unpaired) electrons. The smallest absolute Gasteiger partial charge is 0.224 e. The number of hydrogen-bond donors (Lipinski definition) is 1. The predicted octanol–water partition coefficient (Wildman–Crippen LogP) is 1.01. The molecule has 1 heterocycles. The number of aryl methyl sites for hydroxylation is 1. The van der Waals surface area contributed by atoms with Gasteiger partial charge >= 0.3 is 0 Å². The van der Waals surface area contributed by atoms with Gasteiger partial charge in [-0.3, -0.25) is 0 Å². The van der Waals surface area contributed by atoms with E-state index in [-0.39, 0.29) is 0 Å². The zero-order valence-corrected chi connectivity index (χ0v) is 13.0. The lowest BCUT2D eigenvalue weighted by atomic mass is 10.2. The second-order valence-electron chi connectivity index (χ2n) is 5.23. The quantitative estimate of drug-likeness (QED) is 0.919. The molecule has 22 heavy (non-hydrogen) atoms. The minimum Gasteiger partial charge on any atom is -0.530 e. The summed E-state index contributed by atoms with van der Waals surface area (Å²) in [5.41, 5.74) is 1.21. The standard InChI is InChI=1S/C16H15N3O2S/c1-10-4-3-5-11(8-10)22-12-6-7-13-14(9-12)18-16(2,17-13)19-15(20)21/h3-9,19H,1-2H3,(H,20,21)/p-1. The van der Waals surface area contributed by atoms with Crippen molar-refractivity contribution < 1.29 is 9.90 Å². The van der Waals surface area contributed by atoms with E-state index in [2.05, 4.69) is 34.4 Å². The number of rotatable bonds is 3. The van der Waals surface area contributed by atoms with Gasteiger partial charge in [0.1, 0.15) is 6.09 Å². The van der Waals surface area contributed by atoms with Crippen molar-refractivity contribution in [2.75, 3.05) is 0 Å². The normalized spacial score (nSPS) is 19.0. The fourth-order valence-electron chi connectivity index (χ4n) is 2.31. The molecular formula is C16H14N3O2S-. The SMILES string of the molecule is Cc1cccc(Sc2ccc3c(c2)=NC(C)(NC(=O)[O-])N=3)c1. The zero-order chi connectivity index (χ0) is 15.7. The molecule has 0 aliphatic carbocycles. The summed E-state index contributed by atoms with van der Waals surface area (Å²) in [4.78, 5) is 21.5. The van der Waals surface area contributed by atoms with Gasteiger partial charge in [0.15, 0.2) is 0 Å². The Morgan fingerprint density at radius 2 is 1.86 bits per heavy atom. The first-order chi connectivity index (χ1) is 10.4. The summed E-state index contributed by atoms with van der Waals surface area (Å²) in [5, 5.41) is 14.3. The first-order valence-corrected chi connectivity index (χ1v) is 7.59. The van der Waals surface area contributed by atoms with Crippen molar-refractivity contribution >= 4 is 17.9 Å². The Labute approximate surface area is 131 Å². The maximum atomic E-state index is 10.7. The molecule has 1 unspecified atom stereocenters. The van der Waals surface area contributed by atoms with Gasteiger partial charge in [-0.15, -0.1) is 0 Å². The first kappa shape index (κ1) is 14.6. The van der Waals surface area contributed by atoms with E-state index in [4.69, 9.17) is 0 Å². The number of fused-ring (bicyclic) bond motifs is 1. The van der Waals surface area contributed by atoms with Crippen LogP contribution in [0.2, 0.25) is 0 Å². The first-order valence-electron chi connectivity index (χ1n) is 6.77. The lowest BCUT2D eigenvalue weighted by molar-refractivity contribution is -0.252. The third-order valence-corrected chi connectivity index (χ3v) is 4.17. The van der Waals surface area contributed by atoms with Crippen LogP contribution in [-0.2, 0) is 0 Å². The van der Waals surface area contributed by atoms with Crippen LogP contribution in [-0.4, -0.2) is 11.9 Å². The van der Waals surface area contributed by atoms with Crippen molar-refractivity contribution in [2.24, 2.45) is 9.98 Å². The summed E-state index contributed by atoms with van der Waals surface area (Å²) in [6.45, 7) is 3.65. The van der Waals surface area contributed by atoms with Gasteiger partial charge < -0.3 is 15.2 Å². The molecule has 5 nitrogen and oxygen atoms in total. The van der Waals surface area contributed by atoms with Crippen molar-refractivity contribution in [1.29, 1.82) is 0 Å². The van der Waals surface area contributed by atoms with E-state index in [1.807, 2.05) is 30.3 Å². The highest BCUT2D eigenvalue weighted by Crippen LogP contribution is 2.26. The zero-order valence-electron chi connectivity index (χ0n) is 12.2. The van der Waals surface area contributed by atoms with Crippen LogP contribution in [0.1, 0.15) is 12.5 Å². The van der Waals surface area contributed by atoms with Gasteiger partial charge in [0.05, 0.1) is 10.7 Å². The third-order valence-electron chi connectivity index (χ3n) is 3.19. The second-order valence-corrected chi connectivity index (χ2v) is 6.37. The molecule has 0 spiro atoms. The molecule has 0 saturated carbocycles. The summed E-state index contributed by atoms with van der Waals surface area (Å²) in [5.74, 6) is -1.20. The van der Waals surface area contributed by atoms with Gasteiger partial charge in [-0.2, -0.15) is 0 Å². The second kappa shape index (κ2) is 5.46. The fourth-order valence-corrected chi connectivity index (χ4v) is 3.28. The van der Waals surface area contributed by atoms with Gasteiger partial charge in [-0.25, -0.2) is 9.98 Å². The molecule has 3 rings (SSSR count). The number of carbonyl (C=O) groups is 1. The Morgan fingerprint density at radius 1 is 1.14 bits per heavy atom. The van der Waals surface area contributed by atoms with Gasteiger partial charge in [0.25, 0.3) is 0 Å². The van der Waals surface area contributed by atoms with Crippen LogP contribution in [0.15, 0.2) is 62.2 Å². The van der Waals surface area contributed by atoms with Crippen molar-refractivity contribution in [3.8, 4) is 0 Å². The predicted molar refractivity (Wildman–Crippen MR) is 81.0 cm³/mol. The number of carbonyl (C=O) groups excluding carboxylic acids is 1. The van der Waals surface area contributed by atoms with Crippen molar-refractivity contribution in [3.63, 3.8) is 0 Å². The summed E-state index contributed by atoms with van der Waals surface area (Å²) in [6.07, 6.45) is -1.39. The van der Waals surface area contributed by atoms with Gasteiger partial charge in [0, 0.05) is 16.7 Å². The van der Waals surface area contributed by atoms with E-state index in [0.717, 1.165) is 9.79 Å². The molecule has 0 bridgehead atoms. The van der Waals surface area contributed by atoms with Crippen LogP contribution in [0.3, 0.4) is 0 Å². The minimum absolute atomic E-state index is 0.671. The number of benzene rings is 2. The molecule has 2 aromatic carbocycles. The highest BCUT2D eigenvalue weighted by molar-refractivity contribution is 7.99. The lowest BCUT2D eigenvalue weighted by Crippen LogP contribution is -2.48. The fraction of sp³-hybridized carbons (Fsp3) is 0.188. The molecule has 0 saturated heterocycles. The van der Waals surface area contributed by atoms with Crippen molar-refractivity contribution in [2.45, 2.75) is 29.4 Å². The Bertz CT molecular complexity index is 866. The van der Waals surface area contributed by atoms with Crippen LogP contribution >= 0.6 is 11.8 Å². The molecule has 0 fully saturated rings. The molecule has 1 atom stereocenters. The molecule has 1 aliphatic rings. The lowest BCUT2D eigenvalue weighted by Gasteiger charge is -2.20. The number of hydrogen-bond acceptors (Lipinski definition) is 5. The molecule has 1 aliphatic heterocycles. The van der Waals surface area contributed by atoms with E-state index in [0.29, 0.717) is 10.7 Å². The third kappa shape index (κ3) is 3.12.